The average Bonchev–Trinajstić information content (AvgIpc) is 3.21. The number of hydrogen-bond acceptors (Lipinski definition) is 12. The summed E-state index contributed by atoms with van der Waals surface area (Å²) in [5.41, 5.74) is 3.41. The molecule has 19 nitrogen and oxygen atoms in total. The van der Waals surface area contributed by atoms with E-state index in [-0.39, 0.29) is 37.6 Å². The largest absolute Gasteiger partial charge is 0.497 e. The van der Waals surface area contributed by atoms with Gasteiger partial charge in [0, 0.05) is 26.4 Å². The summed E-state index contributed by atoms with van der Waals surface area (Å²) in [6.07, 6.45) is -1.78. The van der Waals surface area contributed by atoms with Gasteiger partial charge in [0.1, 0.15) is 54.1 Å². The maximum Gasteiger partial charge on any atom is 0.329 e. The lowest BCUT2D eigenvalue weighted by Gasteiger charge is -2.40. The number of rotatable bonds is 13. The minimum Gasteiger partial charge on any atom is -0.497 e. The monoisotopic (exact) mass is 873 g/mol. The Hall–Kier alpha value is -5.30. The van der Waals surface area contributed by atoms with Crippen LogP contribution < -0.4 is 36.7 Å². The van der Waals surface area contributed by atoms with Gasteiger partial charge in [0.25, 0.3) is 5.91 Å². The molecule has 0 spiro atoms. The first-order chi connectivity index (χ1) is 29.1. The lowest BCUT2D eigenvalue weighted by Crippen LogP contribution is -2.67. The zero-order chi connectivity index (χ0) is 46.6. The number of hydrogen-bond donors (Lipinski definition) is 7. The minimum absolute atomic E-state index is 0.0920. The molecule has 7 amide bonds. The van der Waals surface area contributed by atoms with Crippen molar-refractivity contribution in [2.75, 3.05) is 20.7 Å². The fourth-order valence-electron chi connectivity index (χ4n) is 7.59. The van der Waals surface area contributed by atoms with E-state index in [0.29, 0.717) is 24.1 Å². The van der Waals surface area contributed by atoms with Crippen molar-refractivity contribution in [1.82, 2.24) is 41.9 Å². The van der Waals surface area contributed by atoms with Gasteiger partial charge in [-0.25, -0.2) is 10.2 Å². The first-order valence-electron chi connectivity index (χ1n) is 21.4. The molecule has 10 unspecified atom stereocenters. The molecule has 19 heteroatoms. The molecule has 1 aromatic rings. The average molecular weight is 873 g/mol. The Kier molecular flexibility index (Phi) is 19.1. The van der Waals surface area contributed by atoms with Crippen LogP contribution in [0.5, 0.6) is 5.75 Å². The molecule has 2 aliphatic rings. The Bertz CT molecular complexity index is 1740. The maximum atomic E-state index is 14.6. The van der Waals surface area contributed by atoms with Gasteiger partial charge in [-0.05, 0) is 54.7 Å². The summed E-state index contributed by atoms with van der Waals surface area (Å²) in [7, 11) is 2.89. The molecule has 0 aliphatic carbocycles. The number of aliphatic hydroxyl groups excluding tert-OH is 1. The number of cyclic esters (lactones) is 1. The van der Waals surface area contributed by atoms with E-state index in [2.05, 4.69) is 32.0 Å². The first-order valence-corrected chi connectivity index (χ1v) is 21.4. The van der Waals surface area contributed by atoms with Gasteiger partial charge >= 0.3 is 5.97 Å². The minimum atomic E-state index is -1.64. The summed E-state index contributed by atoms with van der Waals surface area (Å²) in [6.45, 7) is 15.3. The normalized spacial score (nSPS) is 27.1. The number of carbonyl (C=O) groups is 8. The molecule has 2 fully saturated rings. The fraction of sp³-hybridized carbons (Fsp3) is 0.674. The Morgan fingerprint density at radius 1 is 0.919 bits per heavy atom. The molecule has 0 bridgehead atoms. The fourth-order valence-corrected chi connectivity index (χ4v) is 7.59. The molecule has 0 saturated carbocycles. The van der Waals surface area contributed by atoms with E-state index in [0.717, 1.165) is 5.01 Å². The number of fused-ring (bicyclic) bond motifs is 1. The number of ether oxygens (including phenoxy) is 2. The molecule has 2 aliphatic heterocycles. The van der Waals surface area contributed by atoms with Gasteiger partial charge in [-0.15, -0.1) is 0 Å². The van der Waals surface area contributed by atoms with Gasteiger partial charge in [-0.1, -0.05) is 73.9 Å². The number of β-amino-alcohol motifs (C(OH)–C–C–N with tert-alkyl or cyclic N) is 1. The number of nitrogens with one attached hydrogen (secondary N) is 6. The molecule has 0 radical (unpaired) electrons. The summed E-state index contributed by atoms with van der Waals surface area (Å²) < 4.78 is 11.2. The van der Waals surface area contributed by atoms with Gasteiger partial charge < -0.3 is 46.1 Å². The predicted octanol–water partition coefficient (Wildman–Crippen LogP) is -0.0656. The van der Waals surface area contributed by atoms with Crippen molar-refractivity contribution in [2.24, 2.45) is 23.7 Å². The maximum absolute atomic E-state index is 14.6. The summed E-state index contributed by atoms with van der Waals surface area (Å²) in [5.74, 6) is -6.61. The molecule has 3 rings (SSSR count). The zero-order valence-electron chi connectivity index (χ0n) is 37.9. The second kappa shape index (κ2) is 23.2. The third-order valence-electron chi connectivity index (χ3n) is 11.4. The van der Waals surface area contributed by atoms with E-state index in [1.165, 1.54) is 26.0 Å². The summed E-state index contributed by atoms with van der Waals surface area (Å²) in [4.78, 5) is 113. The number of methoxy groups -OCH3 is 1. The highest BCUT2D eigenvalue weighted by Gasteiger charge is 2.44. The van der Waals surface area contributed by atoms with Crippen LogP contribution in [0.15, 0.2) is 24.3 Å². The van der Waals surface area contributed by atoms with Crippen molar-refractivity contribution in [1.29, 1.82) is 0 Å². The van der Waals surface area contributed by atoms with Gasteiger partial charge in [0.15, 0.2) is 0 Å². The summed E-state index contributed by atoms with van der Waals surface area (Å²) in [5, 5.41) is 25.1. The molecule has 2 saturated heterocycles. The number of benzene rings is 1. The molecule has 10 atom stereocenters. The van der Waals surface area contributed by atoms with Crippen LogP contribution >= 0.6 is 0 Å². The second-order valence-corrected chi connectivity index (χ2v) is 17.4. The number of hydrazine groups is 1. The van der Waals surface area contributed by atoms with Crippen LogP contribution in [0.3, 0.4) is 0 Å². The van der Waals surface area contributed by atoms with Crippen molar-refractivity contribution < 1.29 is 52.9 Å². The summed E-state index contributed by atoms with van der Waals surface area (Å²) in [6, 6.07) is -2.45. The number of amides is 7. The standard InChI is InChI=1S/C43H68N8O11/c1-12-25(8)34(44-21-52)39(56)49-35-26(9)62-43(60)36(24(6)7)50(10)41(58)31(17-22(2)3)47-38(55)32-19-28(53)20-45-51(32)42(59)33(23(4)5)48-37(54)30(46-40(35)57)18-27-13-15-29(61-11)16-14-27/h13-16,21-26,28,30-36,45,53H,12,17-20H2,1-11H3,(H,44,52)(H,46,57)(H,47,55)(H,48,54)(H,49,56). The van der Waals surface area contributed by atoms with E-state index >= 15 is 0 Å². The smallest absolute Gasteiger partial charge is 0.329 e. The third kappa shape index (κ3) is 13.3. The van der Waals surface area contributed by atoms with Crippen LogP contribution in [0.25, 0.3) is 0 Å². The van der Waals surface area contributed by atoms with Crippen molar-refractivity contribution in [3.05, 3.63) is 29.8 Å². The number of likely N-dealkylation sites (N-methyl/N-ethyl adjacent to an activating group) is 1. The van der Waals surface area contributed by atoms with Crippen LogP contribution in [0.1, 0.15) is 87.1 Å². The summed E-state index contributed by atoms with van der Waals surface area (Å²) >= 11 is 0. The third-order valence-corrected chi connectivity index (χ3v) is 11.4. The van der Waals surface area contributed by atoms with Crippen LogP contribution in [-0.2, 0) is 49.5 Å². The highest BCUT2D eigenvalue weighted by Crippen LogP contribution is 2.21. The number of aliphatic hydroxyl groups is 1. The van der Waals surface area contributed by atoms with Gasteiger partial charge in [-0.3, -0.25) is 38.6 Å². The van der Waals surface area contributed by atoms with E-state index in [1.807, 2.05) is 20.8 Å². The molecular formula is C43H68N8O11. The lowest BCUT2D eigenvalue weighted by molar-refractivity contribution is -0.163. The van der Waals surface area contributed by atoms with Gasteiger partial charge in [0.05, 0.1) is 13.2 Å². The predicted molar refractivity (Wildman–Crippen MR) is 227 cm³/mol. The Labute approximate surface area is 364 Å². The van der Waals surface area contributed by atoms with Crippen LogP contribution in [-0.4, -0.2) is 138 Å². The van der Waals surface area contributed by atoms with E-state index < -0.39 is 108 Å². The van der Waals surface area contributed by atoms with Crippen molar-refractivity contribution in [3.63, 3.8) is 0 Å². The molecule has 1 aromatic carbocycles. The van der Waals surface area contributed by atoms with E-state index in [4.69, 9.17) is 9.47 Å². The number of carbonyl (C=O) groups excluding carboxylic acids is 8. The Morgan fingerprint density at radius 3 is 2.10 bits per heavy atom. The first kappa shape index (κ1) is 51.1. The molecule has 346 valence electrons. The molecule has 2 heterocycles. The highest BCUT2D eigenvalue weighted by atomic mass is 16.5. The van der Waals surface area contributed by atoms with Gasteiger partial charge in [-0.2, -0.15) is 0 Å². The SMILES string of the molecule is CCC(C)C(NC=O)C(=O)NC1C(=O)NC(Cc2ccc(OC)cc2)C(=O)NC(C(C)C)C(=O)N2NCC(O)CC2C(=O)NC(CC(C)C)C(=O)N(C)C(C(C)C)C(=O)OC1C. The molecular weight excluding hydrogens is 805 g/mol. The van der Waals surface area contributed by atoms with Crippen LogP contribution in [0.2, 0.25) is 0 Å². The van der Waals surface area contributed by atoms with Crippen LogP contribution in [0, 0.1) is 23.7 Å². The number of nitrogens with zero attached hydrogens (tertiary/aromatic N) is 2. The lowest BCUT2D eigenvalue weighted by atomic mass is 9.97. The molecule has 62 heavy (non-hydrogen) atoms. The van der Waals surface area contributed by atoms with Crippen molar-refractivity contribution >= 4 is 47.8 Å². The topological polar surface area (TPSA) is 254 Å². The van der Waals surface area contributed by atoms with E-state index in [9.17, 15) is 43.5 Å². The quantitative estimate of drug-likeness (QED) is 0.102. The second-order valence-electron chi connectivity index (χ2n) is 17.4. The molecule has 0 aromatic heterocycles. The highest BCUT2D eigenvalue weighted by molar-refractivity contribution is 5.98. The van der Waals surface area contributed by atoms with Crippen molar-refractivity contribution in [2.45, 2.75) is 142 Å². The Balaban J connectivity index is 2.26. The van der Waals surface area contributed by atoms with E-state index in [1.54, 1.807) is 58.9 Å². The molecule has 7 N–H and O–H groups in total. The Morgan fingerprint density at radius 2 is 1.55 bits per heavy atom. The van der Waals surface area contributed by atoms with Crippen molar-refractivity contribution in [3.8, 4) is 5.75 Å². The van der Waals surface area contributed by atoms with Crippen LogP contribution in [0.4, 0.5) is 0 Å². The zero-order valence-corrected chi connectivity index (χ0v) is 37.9. The number of esters is 1. The van der Waals surface area contributed by atoms with Gasteiger partial charge in [0.2, 0.25) is 35.9 Å².